The molecule has 1 N–H and O–H groups in total. The van der Waals surface area contributed by atoms with Gasteiger partial charge in [-0.1, -0.05) is 41.6 Å². The summed E-state index contributed by atoms with van der Waals surface area (Å²) >= 11 is 8.27. The van der Waals surface area contributed by atoms with Gasteiger partial charge in [0.25, 0.3) is 0 Å². The van der Waals surface area contributed by atoms with Gasteiger partial charge in [0, 0.05) is 10.8 Å². The molecule has 3 atom stereocenters. The monoisotopic (exact) mass is 454 g/mol. The summed E-state index contributed by atoms with van der Waals surface area (Å²) in [7, 11) is 1.62. The van der Waals surface area contributed by atoms with Crippen molar-refractivity contribution < 1.29 is 14.3 Å². The van der Waals surface area contributed by atoms with Gasteiger partial charge in [-0.05, 0) is 49.0 Å². The third-order valence-corrected chi connectivity index (χ3v) is 8.34. The maximum absolute atomic E-state index is 13.6. The lowest BCUT2D eigenvalue weighted by Crippen LogP contribution is -2.32. The summed E-state index contributed by atoms with van der Waals surface area (Å²) in [6, 6.07) is 15.2. The molecule has 30 heavy (non-hydrogen) atoms. The summed E-state index contributed by atoms with van der Waals surface area (Å²) in [6.45, 7) is 1.98. The molecule has 3 aromatic rings. The molecule has 5 rings (SSSR count). The number of anilines is 1. The fourth-order valence-corrected chi connectivity index (χ4v) is 7.10. The second-order valence-corrected chi connectivity index (χ2v) is 10.2. The number of rotatable bonds is 3. The van der Waals surface area contributed by atoms with E-state index in [-0.39, 0.29) is 17.7 Å². The number of carbonyl (C=O) groups is 2. The maximum Gasteiger partial charge on any atom is 0.248 e. The van der Waals surface area contributed by atoms with Crippen molar-refractivity contribution in [1.82, 2.24) is 4.98 Å². The highest BCUT2D eigenvalue weighted by atomic mass is 32.2. The van der Waals surface area contributed by atoms with Gasteiger partial charge in [0.1, 0.15) is 11.0 Å². The average Bonchev–Trinajstić information content (AvgIpc) is 3.24. The Kier molecular flexibility index (Phi) is 4.80. The molecule has 0 unspecified atom stereocenters. The van der Waals surface area contributed by atoms with Crippen LogP contribution in [-0.2, 0) is 9.59 Å². The van der Waals surface area contributed by atoms with Crippen molar-refractivity contribution >= 4 is 52.8 Å². The van der Waals surface area contributed by atoms with Crippen LogP contribution in [0.15, 0.2) is 53.6 Å². The Labute approximate surface area is 187 Å². The Bertz CT molecular complexity index is 1200. The van der Waals surface area contributed by atoms with E-state index < -0.39 is 11.2 Å². The number of fused-ring (bicyclic) bond motifs is 2. The molecule has 0 aliphatic carbocycles. The number of methoxy groups -OCH3 is 1. The van der Waals surface area contributed by atoms with Crippen LogP contribution < -0.4 is 9.64 Å². The number of hydrogen-bond acceptors (Lipinski definition) is 6. The minimum absolute atomic E-state index is 0.160. The van der Waals surface area contributed by atoms with E-state index in [1.54, 1.807) is 7.11 Å². The fraction of sp³-hybridized carbons (Fsp3) is 0.227. The largest absolute Gasteiger partial charge is 0.497 e. The highest BCUT2D eigenvalue weighted by Gasteiger charge is 2.56. The molecule has 8 heteroatoms. The number of hydrogen-bond donors (Lipinski definition) is 1. The highest BCUT2D eigenvalue weighted by molar-refractivity contribution is 8.01. The van der Waals surface area contributed by atoms with Crippen LogP contribution in [0.3, 0.4) is 0 Å². The molecular weight excluding hydrogens is 436 g/mol. The SMILES string of the molecule is COc1ccc([C@@H]2c3sc(=S)[nH]c3S[C@H]3C(=O)N(c4ccc(C)cc4)C(=O)[C@@H]23)cc1. The van der Waals surface area contributed by atoms with Crippen molar-refractivity contribution in [2.45, 2.75) is 23.1 Å². The van der Waals surface area contributed by atoms with E-state index in [1.807, 2.05) is 55.5 Å². The number of aromatic nitrogens is 1. The quantitative estimate of drug-likeness (QED) is 0.450. The first-order valence-corrected chi connectivity index (χ1v) is 11.6. The van der Waals surface area contributed by atoms with Crippen molar-refractivity contribution in [3.8, 4) is 5.75 Å². The molecular formula is C22H18N2O3S3. The van der Waals surface area contributed by atoms with Crippen LogP contribution in [0.5, 0.6) is 5.75 Å². The first-order chi connectivity index (χ1) is 14.5. The number of thiazole rings is 1. The minimum Gasteiger partial charge on any atom is -0.497 e. The molecule has 2 amide bonds. The number of imide groups is 1. The van der Waals surface area contributed by atoms with E-state index in [2.05, 4.69) is 4.98 Å². The third kappa shape index (κ3) is 3.02. The Balaban J connectivity index is 1.63. The van der Waals surface area contributed by atoms with Crippen LogP contribution >= 0.6 is 35.3 Å². The first kappa shape index (κ1) is 19.5. The lowest BCUT2D eigenvalue weighted by Gasteiger charge is -2.30. The van der Waals surface area contributed by atoms with Crippen molar-refractivity contribution in [3.05, 3.63) is 68.5 Å². The van der Waals surface area contributed by atoms with E-state index in [9.17, 15) is 9.59 Å². The summed E-state index contributed by atoms with van der Waals surface area (Å²) < 4.78 is 5.94. The predicted molar refractivity (Wildman–Crippen MR) is 121 cm³/mol. The molecule has 2 aliphatic rings. The molecule has 2 aromatic carbocycles. The van der Waals surface area contributed by atoms with E-state index in [0.717, 1.165) is 26.8 Å². The number of ether oxygens (including phenoxy) is 1. The Morgan fingerprint density at radius 2 is 1.73 bits per heavy atom. The number of H-pyrrole nitrogens is 1. The zero-order valence-corrected chi connectivity index (χ0v) is 18.7. The minimum atomic E-state index is -0.487. The van der Waals surface area contributed by atoms with Crippen molar-refractivity contribution in [1.29, 1.82) is 0 Å². The molecule has 0 radical (unpaired) electrons. The molecule has 1 fully saturated rings. The fourth-order valence-electron chi connectivity index (χ4n) is 4.14. The topological polar surface area (TPSA) is 62.4 Å². The number of thioether (sulfide) groups is 1. The third-order valence-electron chi connectivity index (χ3n) is 5.59. The van der Waals surface area contributed by atoms with Crippen LogP contribution in [0.25, 0.3) is 0 Å². The first-order valence-electron chi connectivity index (χ1n) is 9.46. The van der Waals surface area contributed by atoms with Gasteiger partial charge in [0.05, 0.1) is 23.7 Å². The van der Waals surface area contributed by atoms with Gasteiger partial charge in [-0.15, -0.1) is 11.3 Å². The number of amides is 2. The van der Waals surface area contributed by atoms with Crippen molar-refractivity contribution in [2.24, 2.45) is 5.92 Å². The van der Waals surface area contributed by atoms with E-state index in [1.165, 1.54) is 28.0 Å². The number of nitrogens with one attached hydrogen (secondary N) is 1. The highest BCUT2D eigenvalue weighted by Crippen LogP contribution is 2.54. The Morgan fingerprint density at radius 3 is 2.40 bits per heavy atom. The summed E-state index contributed by atoms with van der Waals surface area (Å²) in [5.74, 6) is -0.300. The van der Waals surface area contributed by atoms with E-state index >= 15 is 0 Å². The molecule has 0 spiro atoms. The lowest BCUT2D eigenvalue weighted by atomic mass is 9.83. The Morgan fingerprint density at radius 1 is 1.03 bits per heavy atom. The zero-order valence-electron chi connectivity index (χ0n) is 16.2. The van der Waals surface area contributed by atoms with Gasteiger partial charge >= 0.3 is 0 Å². The number of benzene rings is 2. The summed E-state index contributed by atoms with van der Waals surface area (Å²) in [5, 5.41) is 0.401. The molecule has 5 nitrogen and oxygen atoms in total. The lowest BCUT2D eigenvalue weighted by molar-refractivity contribution is -0.122. The van der Waals surface area contributed by atoms with Crippen LogP contribution in [0, 0.1) is 16.8 Å². The van der Waals surface area contributed by atoms with Gasteiger partial charge in [0.15, 0.2) is 3.95 Å². The number of aromatic amines is 1. The average molecular weight is 455 g/mol. The van der Waals surface area contributed by atoms with Crippen LogP contribution in [0.4, 0.5) is 5.69 Å². The van der Waals surface area contributed by atoms with Gasteiger partial charge in [-0.25, -0.2) is 4.90 Å². The molecule has 152 valence electrons. The predicted octanol–water partition coefficient (Wildman–Crippen LogP) is 4.92. The molecule has 2 aliphatic heterocycles. The normalized spacial score (nSPS) is 22.7. The number of nitrogens with zero attached hydrogens (tertiary/aromatic N) is 1. The van der Waals surface area contributed by atoms with Crippen molar-refractivity contribution in [2.75, 3.05) is 12.0 Å². The number of aryl methyl sites for hydroxylation is 1. The van der Waals surface area contributed by atoms with Gasteiger partial charge in [-0.3, -0.25) is 9.59 Å². The van der Waals surface area contributed by atoms with Gasteiger partial charge < -0.3 is 9.72 Å². The van der Waals surface area contributed by atoms with E-state index in [0.29, 0.717) is 9.64 Å². The van der Waals surface area contributed by atoms with Crippen LogP contribution in [-0.4, -0.2) is 29.2 Å². The second-order valence-electron chi connectivity index (χ2n) is 7.37. The molecule has 0 saturated carbocycles. The van der Waals surface area contributed by atoms with E-state index in [4.69, 9.17) is 17.0 Å². The van der Waals surface area contributed by atoms with Gasteiger partial charge in [0.2, 0.25) is 11.8 Å². The number of carbonyl (C=O) groups excluding carboxylic acids is 2. The standard InChI is InChI=1S/C22H18N2O3S3/c1-11-3-7-13(8-4-11)24-20(25)16-15(12-5-9-14(27-2)10-6-12)17-19(23-22(28)30-17)29-18(16)21(24)26/h3-10,15-16,18H,1-2H3,(H,23,28)/t15-,16-,18+/m0/s1. The van der Waals surface area contributed by atoms with Crippen LogP contribution in [0.1, 0.15) is 21.9 Å². The second kappa shape index (κ2) is 7.37. The Hall–Kier alpha value is -2.42. The summed E-state index contributed by atoms with van der Waals surface area (Å²) in [4.78, 5) is 32.5. The molecule has 1 saturated heterocycles. The molecule has 1 aromatic heterocycles. The smallest absolute Gasteiger partial charge is 0.248 e. The summed E-state index contributed by atoms with van der Waals surface area (Å²) in [6.07, 6.45) is 0. The van der Waals surface area contributed by atoms with Crippen LogP contribution in [0.2, 0.25) is 0 Å². The molecule has 0 bridgehead atoms. The van der Waals surface area contributed by atoms with Gasteiger partial charge in [-0.2, -0.15) is 0 Å². The molecule has 3 heterocycles. The zero-order chi connectivity index (χ0) is 21.0. The maximum atomic E-state index is 13.6. The summed E-state index contributed by atoms with van der Waals surface area (Å²) in [5.41, 5.74) is 2.68. The van der Waals surface area contributed by atoms with Crippen molar-refractivity contribution in [3.63, 3.8) is 0 Å².